The second kappa shape index (κ2) is 7.25. The van der Waals surface area contributed by atoms with Crippen LogP contribution in [0.4, 0.5) is 4.39 Å². The number of rotatable bonds is 5. The first-order valence-corrected chi connectivity index (χ1v) is 6.40. The van der Waals surface area contributed by atoms with E-state index in [2.05, 4.69) is 0 Å². The largest absolute Gasteiger partial charge is 0.326 e. The van der Waals surface area contributed by atoms with Gasteiger partial charge < -0.3 is 5.73 Å². The summed E-state index contributed by atoms with van der Waals surface area (Å²) in [6, 6.07) is 4.57. The summed E-state index contributed by atoms with van der Waals surface area (Å²) >= 11 is 1.29. The number of carbonyl (C=O) groups is 1. The third kappa shape index (κ3) is 5.15. The molecule has 0 aliphatic rings. The third-order valence-corrected chi connectivity index (χ3v) is 3.06. The number of benzene rings is 1. The van der Waals surface area contributed by atoms with E-state index < -0.39 is 0 Å². The van der Waals surface area contributed by atoms with Gasteiger partial charge in [0.25, 0.3) is 0 Å². The molecule has 17 heavy (non-hydrogen) atoms. The van der Waals surface area contributed by atoms with Crippen molar-refractivity contribution >= 4 is 23.0 Å². The van der Waals surface area contributed by atoms with Gasteiger partial charge in [-0.15, -0.1) is 0 Å². The minimum absolute atomic E-state index is 0.117. The van der Waals surface area contributed by atoms with E-state index in [9.17, 15) is 9.18 Å². The minimum atomic E-state index is -0.264. The third-order valence-electron chi connectivity index (χ3n) is 2.22. The summed E-state index contributed by atoms with van der Waals surface area (Å²) in [5, 5.41) is 0.117. The number of halogens is 1. The van der Waals surface area contributed by atoms with Gasteiger partial charge in [0.1, 0.15) is 5.82 Å². The molecule has 0 aliphatic carbocycles. The van der Waals surface area contributed by atoms with Crippen LogP contribution in [-0.4, -0.2) is 10.9 Å². The van der Waals surface area contributed by atoms with E-state index in [0.717, 1.165) is 23.3 Å². The molecule has 0 saturated heterocycles. The van der Waals surface area contributed by atoms with Crippen molar-refractivity contribution in [3.05, 3.63) is 41.2 Å². The predicted molar refractivity (Wildman–Crippen MR) is 71.1 cm³/mol. The number of allylic oxidation sites excluding steroid dienone is 1. The highest BCUT2D eigenvalue weighted by Gasteiger charge is 1.99. The van der Waals surface area contributed by atoms with Crippen LogP contribution in [0.25, 0.3) is 6.08 Å². The molecule has 92 valence electrons. The molecule has 0 unspecified atom stereocenters. The molecule has 0 atom stereocenters. The van der Waals surface area contributed by atoms with Crippen LogP contribution in [-0.2, 0) is 11.3 Å². The summed E-state index contributed by atoms with van der Waals surface area (Å²) in [5.41, 5.74) is 7.29. The fourth-order valence-electron chi connectivity index (χ4n) is 1.39. The van der Waals surface area contributed by atoms with Crippen LogP contribution in [0.3, 0.4) is 0 Å². The highest BCUT2D eigenvalue weighted by atomic mass is 32.2. The maximum atomic E-state index is 13.0. The van der Waals surface area contributed by atoms with Gasteiger partial charge in [0, 0.05) is 19.2 Å². The lowest BCUT2D eigenvalue weighted by atomic mass is 10.1. The maximum absolute atomic E-state index is 13.0. The lowest BCUT2D eigenvalue weighted by Gasteiger charge is -2.02. The van der Waals surface area contributed by atoms with Crippen LogP contribution < -0.4 is 5.73 Å². The minimum Gasteiger partial charge on any atom is -0.326 e. The SMILES string of the molecule is CC(=O)SCCC=Cc1cc(F)ccc1CN. The van der Waals surface area contributed by atoms with Gasteiger partial charge >= 0.3 is 0 Å². The molecule has 0 aromatic heterocycles. The van der Waals surface area contributed by atoms with Gasteiger partial charge in [0.15, 0.2) is 5.12 Å². The fourth-order valence-corrected chi connectivity index (χ4v) is 1.93. The summed E-state index contributed by atoms with van der Waals surface area (Å²) in [4.78, 5) is 10.7. The number of carbonyl (C=O) groups excluding carboxylic acids is 1. The second-order valence-electron chi connectivity index (χ2n) is 3.58. The van der Waals surface area contributed by atoms with Gasteiger partial charge in [-0.05, 0) is 29.7 Å². The normalized spacial score (nSPS) is 11.0. The van der Waals surface area contributed by atoms with E-state index in [1.54, 1.807) is 13.0 Å². The first-order chi connectivity index (χ1) is 8.13. The van der Waals surface area contributed by atoms with Crippen molar-refractivity contribution < 1.29 is 9.18 Å². The predicted octanol–water partition coefficient (Wildman–Crippen LogP) is 2.97. The molecule has 1 aromatic rings. The molecule has 0 bridgehead atoms. The van der Waals surface area contributed by atoms with E-state index in [4.69, 9.17) is 5.73 Å². The van der Waals surface area contributed by atoms with Crippen LogP contribution in [0.5, 0.6) is 0 Å². The number of nitrogens with two attached hydrogens (primary N) is 1. The van der Waals surface area contributed by atoms with Crippen LogP contribution in [0.1, 0.15) is 24.5 Å². The Kier molecular flexibility index (Phi) is 5.94. The summed E-state index contributed by atoms with van der Waals surface area (Å²) in [6.07, 6.45) is 4.57. The Morgan fingerprint density at radius 3 is 2.94 bits per heavy atom. The van der Waals surface area contributed by atoms with Crippen molar-refractivity contribution in [3.63, 3.8) is 0 Å². The monoisotopic (exact) mass is 253 g/mol. The Morgan fingerprint density at radius 1 is 1.53 bits per heavy atom. The van der Waals surface area contributed by atoms with Crippen LogP contribution in [0, 0.1) is 5.82 Å². The van der Waals surface area contributed by atoms with Crippen LogP contribution in [0.2, 0.25) is 0 Å². The van der Waals surface area contributed by atoms with Crippen molar-refractivity contribution in [1.29, 1.82) is 0 Å². The lowest BCUT2D eigenvalue weighted by Crippen LogP contribution is -1.99. The average Bonchev–Trinajstić information content (AvgIpc) is 2.28. The average molecular weight is 253 g/mol. The van der Waals surface area contributed by atoms with Crippen molar-refractivity contribution in [1.82, 2.24) is 0 Å². The van der Waals surface area contributed by atoms with Crippen LogP contribution in [0.15, 0.2) is 24.3 Å². The number of hydrogen-bond donors (Lipinski definition) is 1. The van der Waals surface area contributed by atoms with Crippen LogP contribution >= 0.6 is 11.8 Å². The summed E-state index contributed by atoms with van der Waals surface area (Å²) in [7, 11) is 0. The van der Waals surface area contributed by atoms with Gasteiger partial charge in [-0.1, -0.05) is 30.0 Å². The molecule has 2 nitrogen and oxygen atoms in total. The quantitative estimate of drug-likeness (QED) is 0.820. The number of hydrogen-bond acceptors (Lipinski definition) is 3. The van der Waals surface area contributed by atoms with E-state index in [1.165, 1.54) is 23.9 Å². The molecule has 0 saturated carbocycles. The topological polar surface area (TPSA) is 43.1 Å². The summed E-state index contributed by atoms with van der Waals surface area (Å²) in [5.74, 6) is 0.485. The van der Waals surface area contributed by atoms with E-state index >= 15 is 0 Å². The van der Waals surface area contributed by atoms with Crippen molar-refractivity contribution in [3.8, 4) is 0 Å². The first-order valence-electron chi connectivity index (χ1n) is 5.42. The van der Waals surface area contributed by atoms with Gasteiger partial charge in [0.2, 0.25) is 0 Å². The van der Waals surface area contributed by atoms with E-state index in [0.29, 0.717) is 6.54 Å². The van der Waals surface area contributed by atoms with Gasteiger partial charge in [-0.2, -0.15) is 0 Å². The van der Waals surface area contributed by atoms with Crippen molar-refractivity contribution in [2.24, 2.45) is 5.73 Å². The van der Waals surface area contributed by atoms with E-state index in [1.807, 2.05) is 12.2 Å². The smallest absolute Gasteiger partial charge is 0.185 e. The van der Waals surface area contributed by atoms with Crippen molar-refractivity contribution in [2.75, 3.05) is 5.75 Å². The second-order valence-corrected chi connectivity index (χ2v) is 4.85. The molecule has 0 spiro atoms. The molecule has 0 amide bonds. The van der Waals surface area contributed by atoms with Gasteiger partial charge in [-0.3, -0.25) is 4.79 Å². The number of thioether (sulfide) groups is 1. The zero-order valence-electron chi connectivity index (χ0n) is 9.78. The van der Waals surface area contributed by atoms with E-state index in [-0.39, 0.29) is 10.9 Å². The molecule has 0 fully saturated rings. The molecule has 0 aliphatic heterocycles. The molecule has 4 heteroatoms. The lowest BCUT2D eigenvalue weighted by molar-refractivity contribution is -0.109. The fraction of sp³-hybridized carbons (Fsp3) is 0.308. The Morgan fingerprint density at radius 2 is 2.29 bits per heavy atom. The van der Waals surface area contributed by atoms with Gasteiger partial charge in [-0.25, -0.2) is 4.39 Å². The molecular weight excluding hydrogens is 237 g/mol. The first kappa shape index (κ1) is 13.9. The highest BCUT2D eigenvalue weighted by Crippen LogP contribution is 2.13. The molecular formula is C13H16FNOS. The Bertz CT molecular complexity index is 418. The Hall–Kier alpha value is -1.13. The van der Waals surface area contributed by atoms with Gasteiger partial charge in [0.05, 0.1) is 0 Å². The zero-order valence-corrected chi connectivity index (χ0v) is 10.6. The Labute approximate surface area is 105 Å². The Balaban J connectivity index is 2.57. The summed E-state index contributed by atoms with van der Waals surface area (Å²) < 4.78 is 13.0. The molecule has 2 N–H and O–H groups in total. The molecule has 1 rings (SSSR count). The molecule has 0 radical (unpaired) electrons. The highest BCUT2D eigenvalue weighted by molar-refractivity contribution is 8.13. The van der Waals surface area contributed by atoms with Crippen molar-refractivity contribution in [2.45, 2.75) is 19.9 Å². The zero-order chi connectivity index (χ0) is 12.7. The molecule has 0 heterocycles. The maximum Gasteiger partial charge on any atom is 0.185 e. The summed E-state index contributed by atoms with van der Waals surface area (Å²) in [6.45, 7) is 1.94. The molecule has 1 aromatic carbocycles. The standard InChI is InChI=1S/C13H16FNOS/c1-10(16)17-7-3-2-4-11-8-13(14)6-5-12(11)9-15/h2,4-6,8H,3,7,9,15H2,1H3.